The Morgan fingerprint density at radius 1 is 1.16 bits per heavy atom. The predicted molar refractivity (Wildman–Crippen MR) is 72.2 cm³/mol. The van der Waals surface area contributed by atoms with Gasteiger partial charge in [0.1, 0.15) is 0 Å². The first-order valence-corrected chi connectivity index (χ1v) is 7.29. The summed E-state index contributed by atoms with van der Waals surface area (Å²) >= 11 is 0. The monoisotopic (exact) mass is 257 g/mol. The molecule has 1 saturated carbocycles. The lowest BCUT2D eigenvalue weighted by molar-refractivity contribution is 0.0663. The number of carbonyl (C=O) groups is 1. The van der Waals surface area contributed by atoms with Crippen molar-refractivity contribution in [1.82, 2.24) is 4.90 Å². The number of amides is 1. The van der Waals surface area contributed by atoms with Crippen LogP contribution in [0.2, 0.25) is 0 Å². The molecule has 1 aromatic rings. The Labute approximate surface area is 113 Å². The van der Waals surface area contributed by atoms with Crippen molar-refractivity contribution in [1.29, 1.82) is 0 Å². The van der Waals surface area contributed by atoms with Gasteiger partial charge in [-0.25, -0.2) is 0 Å². The molecule has 0 atom stereocenters. The van der Waals surface area contributed by atoms with Gasteiger partial charge in [-0.1, -0.05) is 12.1 Å². The van der Waals surface area contributed by atoms with E-state index >= 15 is 0 Å². The minimum atomic E-state index is 0.145. The molecule has 2 saturated heterocycles. The van der Waals surface area contributed by atoms with E-state index in [0.29, 0.717) is 0 Å². The Morgan fingerprint density at radius 3 is 2.32 bits per heavy atom. The largest absolute Gasteiger partial charge is 0.369 e. The van der Waals surface area contributed by atoms with Crippen LogP contribution in [0.1, 0.15) is 47.5 Å². The minimum absolute atomic E-state index is 0.145. The number of nitrogens with zero attached hydrogens (tertiary/aromatic N) is 1. The summed E-state index contributed by atoms with van der Waals surface area (Å²) in [6.45, 7) is 2.57. The van der Waals surface area contributed by atoms with E-state index < -0.39 is 0 Å². The van der Waals surface area contributed by atoms with Crippen molar-refractivity contribution >= 4 is 5.91 Å². The Balaban J connectivity index is 1.44. The molecule has 3 fully saturated rings. The lowest BCUT2D eigenvalue weighted by Crippen LogP contribution is -2.41. The molecule has 100 valence electrons. The standard InChI is InChI=1S/C16H19NO2/c18-15(17-9-7-16(8-10-17)11-19-16)14-5-3-13(4-6-14)12-1-2-12/h3-6,12H,1-2,7-11H2. The van der Waals surface area contributed by atoms with Crippen LogP contribution in [0.15, 0.2) is 24.3 Å². The molecule has 19 heavy (non-hydrogen) atoms. The lowest BCUT2D eigenvalue weighted by Gasteiger charge is -2.30. The van der Waals surface area contributed by atoms with Gasteiger partial charge in [0.25, 0.3) is 5.91 Å². The van der Waals surface area contributed by atoms with E-state index in [-0.39, 0.29) is 11.5 Å². The van der Waals surface area contributed by atoms with E-state index in [1.165, 1.54) is 18.4 Å². The van der Waals surface area contributed by atoms with Crippen molar-refractivity contribution < 1.29 is 9.53 Å². The van der Waals surface area contributed by atoms with Gasteiger partial charge in [0.2, 0.25) is 0 Å². The molecule has 1 aliphatic carbocycles. The highest BCUT2D eigenvalue weighted by Crippen LogP contribution is 2.40. The highest BCUT2D eigenvalue weighted by atomic mass is 16.6. The van der Waals surface area contributed by atoms with Crippen LogP contribution in [-0.4, -0.2) is 36.1 Å². The van der Waals surface area contributed by atoms with Crippen molar-refractivity contribution in [3.63, 3.8) is 0 Å². The van der Waals surface area contributed by atoms with Crippen molar-refractivity contribution in [2.75, 3.05) is 19.7 Å². The maximum Gasteiger partial charge on any atom is 0.253 e. The number of epoxide rings is 1. The van der Waals surface area contributed by atoms with Crippen molar-refractivity contribution in [3.8, 4) is 0 Å². The van der Waals surface area contributed by atoms with E-state index in [0.717, 1.165) is 44.0 Å². The average molecular weight is 257 g/mol. The van der Waals surface area contributed by atoms with Crippen LogP contribution in [0.4, 0.5) is 0 Å². The van der Waals surface area contributed by atoms with Crippen LogP contribution in [0.25, 0.3) is 0 Å². The van der Waals surface area contributed by atoms with Crippen LogP contribution in [0.5, 0.6) is 0 Å². The van der Waals surface area contributed by atoms with Crippen molar-refractivity contribution in [2.45, 2.75) is 37.2 Å². The summed E-state index contributed by atoms with van der Waals surface area (Å²) in [5.74, 6) is 0.934. The normalized spacial score (nSPS) is 24.5. The summed E-state index contributed by atoms with van der Waals surface area (Å²) in [5.41, 5.74) is 2.37. The van der Waals surface area contributed by atoms with E-state index in [4.69, 9.17) is 4.74 Å². The van der Waals surface area contributed by atoms with Gasteiger partial charge in [-0.2, -0.15) is 0 Å². The molecule has 3 heteroatoms. The van der Waals surface area contributed by atoms with E-state index in [1.807, 2.05) is 17.0 Å². The number of benzene rings is 1. The Kier molecular flexibility index (Phi) is 2.46. The van der Waals surface area contributed by atoms with Gasteiger partial charge in [0.15, 0.2) is 0 Å². The fourth-order valence-electron chi connectivity index (χ4n) is 3.01. The summed E-state index contributed by atoms with van der Waals surface area (Å²) in [5, 5.41) is 0. The summed E-state index contributed by atoms with van der Waals surface area (Å²) in [4.78, 5) is 14.4. The first-order chi connectivity index (χ1) is 9.26. The van der Waals surface area contributed by atoms with Gasteiger partial charge in [-0.15, -0.1) is 0 Å². The van der Waals surface area contributed by atoms with Gasteiger partial charge in [-0.05, 0) is 49.3 Å². The molecule has 0 bridgehead atoms. The minimum Gasteiger partial charge on any atom is -0.369 e. The molecule has 3 aliphatic rings. The zero-order valence-corrected chi connectivity index (χ0v) is 11.1. The molecule has 0 aromatic heterocycles. The Hall–Kier alpha value is -1.35. The SMILES string of the molecule is O=C(c1ccc(C2CC2)cc1)N1CCC2(CC1)CO2. The number of rotatable bonds is 2. The molecule has 0 N–H and O–H groups in total. The second-order valence-electron chi connectivity index (χ2n) is 6.16. The van der Waals surface area contributed by atoms with Crippen LogP contribution in [0, 0.1) is 0 Å². The van der Waals surface area contributed by atoms with Gasteiger partial charge in [0, 0.05) is 18.7 Å². The summed E-state index contributed by atoms with van der Waals surface area (Å²) < 4.78 is 5.48. The smallest absolute Gasteiger partial charge is 0.253 e. The lowest BCUT2D eigenvalue weighted by atomic mass is 9.97. The van der Waals surface area contributed by atoms with Gasteiger partial charge >= 0.3 is 0 Å². The second-order valence-corrected chi connectivity index (χ2v) is 6.16. The summed E-state index contributed by atoms with van der Waals surface area (Å²) in [6, 6.07) is 8.24. The van der Waals surface area contributed by atoms with Gasteiger partial charge < -0.3 is 9.64 Å². The molecule has 0 unspecified atom stereocenters. The zero-order chi connectivity index (χ0) is 12.9. The van der Waals surface area contributed by atoms with Crippen LogP contribution in [0.3, 0.4) is 0 Å². The molecular weight excluding hydrogens is 238 g/mol. The fourth-order valence-corrected chi connectivity index (χ4v) is 3.01. The Morgan fingerprint density at radius 2 is 1.79 bits per heavy atom. The molecule has 0 radical (unpaired) electrons. The van der Waals surface area contributed by atoms with E-state index in [1.54, 1.807) is 0 Å². The van der Waals surface area contributed by atoms with Crippen molar-refractivity contribution in [3.05, 3.63) is 35.4 Å². The summed E-state index contributed by atoms with van der Waals surface area (Å²) in [7, 11) is 0. The molecular formula is C16H19NO2. The maximum absolute atomic E-state index is 12.4. The molecule has 1 aromatic carbocycles. The number of ether oxygens (including phenoxy) is 1. The van der Waals surface area contributed by atoms with E-state index in [9.17, 15) is 4.79 Å². The molecule has 3 nitrogen and oxygen atoms in total. The molecule has 4 rings (SSSR count). The first-order valence-electron chi connectivity index (χ1n) is 7.29. The quantitative estimate of drug-likeness (QED) is 0.763. The second kappa shape index (κ2) is 4.07. The van der Waals surface area contributed by atoms with Crippen LogP contribution >= 0.6 is 0 Å². The topological polar surface area (TPSA) is 32.8 Å². The molecule has 1 amide bonds. The first kappa shape index (κ1) is 11.5. The fraction of sp³-hybridized carbons (Fsp3) is 0.562. The number of likely N-dealkylation sites (tertiary alicyclic amines) is 1. The third-order valence-corrected chi connectivity index (χ3v) is 4.72. The molecule has 2 aliphatic heterocycles. The van der Waals surface area contributed by atoms with Gasteiger partial charge in [-0.3, -0.25) is 4.79 Å². The van der Waals surface area contributed by atoms with Crippen LogP contribution < -0.4 is 0 Å². The van der Waals surface area contributed by atoms with E-state index in [2.05, 4.69) is 12.1 Å². The number of hydrogen-bond donors (Lipinski definition) is 0. The number of carbonyl (C=O) groups excluding carboxylic acids is 1. The highest BCUT2D eigenvalue weighted by molar-refractivity contribution is 5.94. The zero-order valence-electron chi connectivity index (χ0n) is 11.1. The highest BCUT2D eigenvalue weighted by Gasteiger charge is 2.47. The maximum atomic E-state index is 12.4. The number of piperidine rings is 1. The third-order valence-electron chi connectivity index (χ3n) is 4.72. The third kappa shape index (κ3) is 2.16. The van der Waals surface area contributed by atoms with Crippen LogP contribution in [-0.2, 0) is 4.74 Å². The average Bonchev–Trinajstić information content (AvgIpc) is 3.35. The van der Waals surface area contributed by atoms with Crippen molar-refractivity contribution in [2.24, 2.45) is 0 Å². The predicted octanol–water partition coefficient (Wildman–Crippen LogP) is 2.57. The molecule has 1 spiro atoms. The van der Waals surface area contributed by atoms with Gasteiger partial charge in [0.05, 0.1) is 12.2 Å². The molecule has 2 heterocycles. The Bertz CT molecular complexity index is 490. The number of hydrogen-bond acceptors (Lipinski definition) is 2. The summed E-state index contributed by atoms with van der Waals surface area (Å²) in [6.07, 6.45) is 4.61.